The highest BCUT2D eigenvalue weighted by Crippen LogP contribution is 2.35. The van der Waals surface area contributed by atoms with Crippen molar-refractivity contribution in [2.75, 3.05) is 16.3 Å². The van der Waals surface area contributed by atoms with Crippen molar-refractivity contribution >= 4 is 29.1 Å². The highest BCUT2D eigenvalue weighted by atomic mass is 16.2. The molecule has 3 amide bonds. The maximum Gasteiger partial charge on any atom is 0.266 e. The maximum absolute atomic E-state index is 12.5. The van der Waals surface area contributed by atoms with Crippen LogP contribution in [0.4, 0.5) is 11.4 Å². The minimum Gasteiger partial charge on any atom is -0.312 e. The van der Waals surface area contributed by atoms with Gasteiger partial charge in [-0.05, 0) is 42.8 Å². The molecule has 5 nitrogen and oxygen atoms in total. The zero-order valence-corrected chi connectivity index (χ0v) is 12.6. The number of imide groups is 1. The predicted molar refractivity (Wildman–Crippen MR) is 85.8 cm³/mol. The first-order valence-corrected chi connectivity index (χ1v) is 7.53. The number of carbonyl (C=O) groups excluding carboxylic acids is 3. The number of amides is 3. The van der Waals surface area contributed by atoms with Crippen molar-refractivity contribution in [1.29, 1.82) is 0 Å². The summed E-state index contributed by atoms with van der Waals surface area (Å²) < 4.78 is 0. The summed E-state index contributed by atoms with van der Waals surface area (Å²) in [6.07, 6.45) is 0.306. The Morgan fingerprint density at radius 1 is 0.957 bits per heavy atom. The molecule has 4 rings (SSSR count). The van der Waals surface area contributed by atoms with Gasteiger partial charge in [0.15, 0.2) is 0 Å². The van der Waals surface area contributed by atoms with E-state index in [9.17, 15) is 14.4 Å². The van der Waals surface area contributed by atoms with Gasteiger partial charge in [-0.25, -0.2) is 4.90 Å². The number of carbonyl (C=O) groups is 3. The number of nitrogens with zero attached hydrogens (tertiary/aromatic N) is 2. The molecule has 0 spiro atoms. The molecule has 0 bridgehead atoms. The van der Waals surface area contributed by atoms with Crippen LogP contribution < -0.4 is 9.80 Å². The fourth-order valence-corrected chi connectivity index (χ4v) is 3.28. The molecule has 0 aromatic heterocycles. The lowest BCUT2D eigenvalue weighted by atomic mass is 10.1. The molecule has 0 fully saturated rings. The van der Waals surface area contributed by atoms with E-state index < -0.39 is 0 Å². The predicted octanol–water partition coefficient (Wildman–Crippen LogP) is 2.40. The average molecular weight is 306 g/mol. The Labute approximate surface area is 133 Å². The van der Waals surface area contributed by atoms with Gasteiger partial charge in [0.1, 0.15) is 0 Å². The van der Waals surface area contributed by atoms with Crippen LogP contribution in [0.25, 0.3) is 0 Å². The number of rotatable bonds is 2. The van der Waals surface area contributed by atoms with Crippen molar-refractivity contribution in [3.05, 3.63) is 59.2 Å². The Bertz CT molecular complexity index is 837. The third-order valence-electron chi connectivity index (χ3n) is 4.37. The molecule has 5 heteroatoms. The quantitative estimate of drug-likeness (QED) is 0.801. The molecule has 0 radical (unpaired) electrons. The summed E-state index contributed by atoms with van der Waals surface area (Å²) in [6.45, 7) is 2.53. The summed E-state index contributed by atoms with van der Waals surface area (Å²) in [6, 6.07) is 12.1. The van der Waals surface area contributed by atoms with Gasteiger partial charge in [0, 0.05) is 12.2 Å². The summed E-state index contributed by atoms with van der Waals surface area (Å²) in [4.78, 5) is 39.9. The normalized spacial score (nSPS) is 16.1. The molecule has 2 aliphatic rings. The van der Waals surface area contributed by atoms with E-state index in [1.165, 1.54) is 4.90 Å². The summed E-state index contributed by atoms with van der Waals surface area (Å²) >= 11 is 0. The van der Waals surface area contributed by atoms with Crippen molar-refractivity contribution in [2.24, 2.45) is 0 Å². The molecule has 0 saturated carbocycles. The molecule has 23 heavy (non-hydrogen) atoms. The van der Waals surface area contributed by atoms with Crippen molar-refractivity contribution < 1.29 is 14.4 Å². The van der Waals surface area contributed by atoms with Gasteiger partial charge in [0.05, 0.1) is 23.2 Å². The van der Waals surface area contributed by atoms with E-state index in [1.807, 2.05) is 13.0 Å². The second-order valence-electron chi connectivity index (χ2n) is 5.62. The van der Waals surface area contributed by atoms with Crippen molar-refractivity contribution in [3.8, 4) is 0 Å². The second kappa shape index (κ2) is 4.78. The number of hydrogen-bond donors (Lipinski definition) is 0. The van der Waals surface area contributed by atoms with Crippen LogP contribution in [-0.4, -0.2) is 24.3 Å². The van der Waals surface area contributed by atoms with E-state index in [0.717, 1.165) is 11.3 Å². The lowest BCUT2D eigenvalue weighted by Gasteiger charge is -2.17. The molecule has 2 aromatic carbocycles. The summed E-state index contributed by atoms with van der Waals surface area (Å²) in [5.74, 6) is -0.591. The molecule has 2 aromatic rings. The van der Waals surface area contributed by atoms with Gasteiger partial charge in [-0.3, -0.25) is 14.4 Å². The number of hydrogen-bond acceptors (Lipinski definition) is 3. The Balaban J connectivity index is 1.77. The number of anilines is 2. The molecule has 2 aliphatic heterocycles. The first-order chi connectivity index (χ1) is 11.1. The summed E-state index contributed by atoms with van der Waals surface area (Å²) in [5.41, 5.74) is 3.07. The third kappa shape index (κ3) is 1.83. The van der Waals surface area contributed by atoms with Crippen LogP contribution >= 0.6 is 0 Å². The third-order valence-corrected chi connectivity index (χ3v) is 4.37. The van der Waals surface area contributed by atoms with Crippen LogP contribution in [0.15, 0.2) is 42.5 Å². The monoisotopic (exact) mass is 306 g/mol. The van der Waals surface area contributed by atoms with Gasteiger partial charge in [0.2, 0.25) is 5.91 Å². The molecular formula is C18H14N2O3. The van der Waals surface area contributed by atoms with Crippen molar-refractivity contribution in [3.63, 3.8) is 0 Å². The van der Waals surface area contributed by atoms with E-state index in [2.05, 4.69) is 0 Å². The van der Waals surface area contributed by atoms with E-state index in [4.69, 9.17) is 0 Å². The Morgan fingerprint density at radius 2 is 1.61 bits per heavy atom. The van der Waals surface area contributed by atoms with Crippen LogP contribution in [0.5, 0.6) is 0 Å². The minimum absolute atomic E-state index is 0.0435. The van der Waals surface area contributed by atoms with E-state index in [-0.39, 0.29) is 17.7 Å². The molecule has 0 saturated heterocycles. The molecule has 114 valence electrons. The van der Waals surface area contributed by atoms with Crippen molar-refractivity contribution in [2.45, 2.75) is 13.3 Å². The van der Waals surface area contributed by atoms with Crippen LogP contribution in [0.3, 0.4) is 0 Å². The van der Waals surface area contributed by atoms with Gasteiger partial charge in [-0.2, -0.15) is 0 Å². The second-order valence-corrected chi connectivity index (χ2v) is 5.62. The summed E-state index contributed by atoms with van der Waals surface area (Å²) in [5, 5.41) is 0. The first-order valence-electron chi connectivity index (χ1n) is 7.53. The number of benzene rings is 2. The first kappa shape index (κ1) is 13.7. The van der Waals surface area contributed by atoms with Gasteiger partial charge < -0.3 is 4.90 Å². The minimum atomic E-state index is -0.317. The molecule has 2 heterocycles. The fourth-order valence-electron chi connectivity index (χ4n) is 3.28. The zero-order chi connectivity index (χ0) is 16.1. The van der Waals surface area contributed by atoms with Crippen LogP contribution in [0.1, 0.15) is 33.2 Å². The van der Waals surface area contributed by atoms with Crippen LogP contribution in [0, 0.1) is 0 Å². The van der Waals surface area contributed by atoms with Crippen LogP contribution in [0.2, 0.25) is 0 Å². The Hall–Kier alpha value is -2.95. The Kier molecular flexibility index (Phi) is 2.84. The SMILES string of the molecule is CCN1C(=O)Cc2cc(N3C(=O)c4ccccc4C3=O)ccc21. The molecule has 0 N–H and O–H groups in total. The number of fused-ring (bicyclic) bond motifs is 2. The standard InChI is InChI=1S/C18H14N2O3/c1-2-19-15-8-7-12(9-11(15)10-16(19)21)20-17(22)13-5-3-4-6-14(13)18(20)23/h3-9H,2,10H2,1H3. The van der Waals surface area contributed by atoms with Gasteiger partial charge in [-0.1, -0.05) is 12.1 Å². The van der Waals surface area contributed by atoms with E-state index in [0.29, 0.717) is 29.8 Å². The zero-order valence-electron chi connectivity index (χ0n) is 12.6. The van der Waals surface area contributed by atoms with Gasteiger partial charge >= 0.3 is 0 Å². The Morgan fingerprint density at radius 3 is 2.22 bits per heavy atom. The van der Waals surface area contributed by atoms with Crippen LogP contribution in [-0.2, 0) is 11.2 Å². The summed E-state index contributed by atoms with van der Waals surface area (Å²) in [7, 11) is 0. The van der Waals surface area contributed by atoms with Gasteiger partial charge in [-0.15, -0.1) is 0 Å². The van der Waals surface area contributed by atoms with Gasteiger partial charge in [0.25, 0.3) is 11.8 Å². The highest BCUT2D eigenvalue weighted by molar-refractivity contribution is 6.34. The lowest BCUT2D eigenvalue weighted by Crippen LogP contribution is -2.29. The molecule has 0 aliphatic carbocycles. The largest absolute Gasteiger partial charge is 0.312 e. The molecule has 0 atom stereocenters. The maximum atomic E-state index is 12.5. The average Bonchev–Trinajstić information content (AvgIpc) is 3.01. The van der Waals surface area contributed by atoms with E-state index in [1.54, 1.807) is 41.3 Å². The number of likely N-dealkylation sites (N-methyl/N-ethyl adjacent to an activating group) is 1. The molecular weight excluding hydrogens is 292 g/mol. The smallest absolute Gasteiger partial charge is 0.266 e. The van der Waals surface area contributed by atoms with Crippen molar-refractivity contribution in [1.82, 2.24) is 0 Å². The van der Waals surface area contributed by atoms with E-state index >= 15 is 0 Å². The lowest BCUT2D eigenvalue weighted by molar-refractivity contribution is -0.117. The molecule has 0 unspecified atom stereocenters. The highest BCUT2D eigenvalue weighted by Gasteiger charge is 2.37. The topological polar surface area (TPSA) is 57.7 Å². The fraction of sp³-hybridized carbons (Fsp3) is 0.167.